The van der Waals surface area contributed by atoms with Crippen LogP contribution in [0.4, 0.5) is 0 Å². The van der Waals surface area contributed by atoms with Gasteiger partial charge in [-0.1, -0.05) is 19.8 Å². The van der Waals surface area contributed by atoms with E-state index in [0.29, 0.717) is 31.8 Å². The quantitative estimate of drug-likeness (QED) is 0.683. The minimum atomic E-state index is -0.443. The Hall–Kier alpha value is -0.160. The van der Waals surface area contributed by atoms with Gasteiger partial charge in [0, 0.05) is 19.7 Å². The Morgan fingerprint density at radius 3 is 2.65 bits per heavy atom. The van der Waals surface area contributed by atoms with Crippen molar-refractivity contribution < 1.29 is 14.6 Å². The first-order valence-corrected chi connectivity index (χ1v) is 8.09. The third kappa shape index (κ3) is 7.02. The van der Waals surface area contributed by atoms with Crippen molar-refractivity contribution in [1.29, 1.82) is 0 Å². The summed E-state index contributed by atoms with van der Waals surface area (Å²) in [7, 11) is 0. The summed E-state index contributed by atoms with van der Waals surface area (Å²) in [6.07, 6.45) is 4.85. The van der Waals surface area contributed by atoms with Crippen LogP contribution in [0.1, 0.15) is 53.4 Å². The first kappa shape index (κ1) is 17.9. The summed E-state index contributed by atoms with van der Waals surface area (Å²) in [6.45, 7) is 10.8. The molecule has 0 aromatic rings. The van der Waals surface area contributed by atoms with Gasteiger partial charge in [0.15, 0.2) is 0 Å². The fraction of sp³-hybridized carbons (Fsp3) is 1.00. The van der Waals surface area contributed by atoms with Gasteiger partial charge in [-0.25, -0.2) is 0 Å². The van der Waals surface area contributed by atoms with Crippen LogP contribution in [0.5, 0.6) is 0 Å². The van der Waals surface area contributed by atoms with E-state index in [9.17, 15) is 5.11 Å². The highest BCUT2D eigenvalue weighted by molar-refractivity contribution is 4.75. The van der Waals surface area contributed by atoms with E-state index in [1.165, 1.54) is 19.3 Å². The topological polar surface area (TPSA) is 50.7 Å². The van der Waals surface area contributed by atoms with Crippen molar-refractivity contribution in [2.24, 2.45) is 5.92 Å². The van der Waals surface area contributed by atoms with Crippen LogP contribution in [0.2, 0.25) is 0 Å². The highest BCUT2D eigenvalue weighted by atomic mass is 16.5. The second-order valence-electron chi connectivity index (χ2n) is 6.61. The summed E-state index contributed by atoms with van der Waals surface area (Å²) in [5.74, 6) is 0.626. The van der Waals surface area contributed by atoms with Crippen LogP contribution in [0.15, 0.2) is 0 Å². The average molecular weight is 287 g/mol. The van der Waals surface area contributed by atoms with E-state index in [1.807, 2.05) is 6.92 Å². The van der Waals surface area contributed by atoms with Crippen LogP contribution in [-0.2, 0) is 9.47 Å². The number of hydrogen-bond acceptors (Lipinski definition) is 4. The molecule has 0 heterocycles. The summed E-state index contributed by atoms with van der Waals surface area (Å²) < 4.78 is 11.5. The molecule has 4 heteroatoms. The van der Waals surface area contributed by atoms with Gasteiger partial charge >= 0.3 is 0 Å². The molecule has 0 spiro atoms. The number of nitrogens with one attached hydrogen (secondary N) is 1. The van der Waals surface area contributed by atoms with Crippen LogP contribution in [-0.4, -0.2) is 49.2 Å². The minimum Gasteiger partial charge on any atom is -0.389 e. The van der Waals surface area contributed by atoms with Gasteiger partial charge < -0.3 is 19.9 Å². The van der Waals surface area contributed by atoms with Gasteiger partial charge in [0.1, 0.15) is 0 Å². The SMILES string of the molecule is CCOC(C)(C)CNCC(O)COC1CCCCC1C. The van der Waals surface area contributed by atoms with Crippen molar-refractivity contribution in [2.45, 2.75) is 71.2 Å². The fourth-order valence-corrected chi connectivity index (χ4v) is 2.81. The summed E-state index contributed by atoms with van der Waals surface area (Å²) in [6, 6.07) is 0. The maximum absolute atomic E-state index is 9.96. The van der Waals surface area contributed by atoms with E-state index < -0.39 is 6.10 Å². The van der Waals surface area contributed by atoms with Gasteiger partial charge in [-0.3, -0.25) is 0 Å². The lowest BCUT2D eigenvalue weighted by Crippen LogP contribution is -2.42. The minimum absolute atomic E-state index is 0.187. The molecule has 3 unspecified atom stereocenters. The summed E-state index contributed by atoms with van der Waals surface area (Å²) in [5, 5.41) is 13.2. The zero-order valence-electron chi connectivity index (χ0n) is 13.7. The molecule has 2 N–H and O–H groups in total. The molecule has 120 valence electrons. The van der Waals surface area contributed by atoms with Crippen LogP contribution in [0.3, 0.4) is 0 Å². The van der Waals surface area contributed by atoms with Crippen LogP contribution in [0.25, 0.3) is 0 Å². The Bertz CT molecular complexity index is 258. The normalized spacial score (nSPS) is 25.6. The Morgan fingerprint density at radius 1 is 1.30 bits per heavy atom. The zero-order chi connectivity index (χ0) is 15.0. The second-order valence-corrected chi connectivity index (χ2v) is 6.61. The van der Waals surface area contributed by atoms with Gasteiger partial charge in [0.2, 0.25) is 0 Å². The zero-order valence-corrected chi connectivity index (χ0v) is 13.7. The van der Waals surface area contributed by atoms with E-state index >= 15 is 0 Å². The molecule has 1 aliphatic rings. The van der Waals surface area contributed by atoms with Crippen molar-refractivity contribution in [3.05, 3.63) is 0 Å². The number of aliphatic hydroxyl groups is 1. The Kier molecular flexibility index (Phi) is 8.03. The molecule has 0 aliphatic heterocycles. The van der Waals surface area contributed by atoms with Crippen molar-refractivity contribution >= 4 is 0 Å². The lowest BCUT2D eigenvalue weighted by Gasteiger charge is -2.30. The maximum Gasteiger partial charge on any atom is 0.0897 e. The van der Waals surface area contributed by atoms with Crippen LogP contribution < -0.4 is 5.32 Å². The molecule has 0 amide bonds. The largest absolute Gasteiger partial charge is 0.389 e. The molecule has 0 radical (unpaired) electrons. The number of hydrogen-bond donors (Lipinski definition) is 2. The van der Waals surface area contributed by atoms with Gasteiger partial charge in [-0.05, 0) is 39.5 Å². The molecule has 1 saturated carbocycles. The van der Waals surface area contributed by atoms with E-state index in [1.54, 1.807) is 0 Å². The predicted molar refractivity (Wildman–Crippen MR) is 82.0 cm³/mol. The van der Waals surface area contributed by atoms with E-state index in [-0.39, 0.29) is 5.60 Å². The predicted octanol–water partition coefficient (Wildman–Crippen LogP) is 2.35. The Balaban J connectivity index is 2.12. The highest BCUT2D eigenvalue weighted by Gasteiger charge is 2.23. The molecule has 4 nitrogen and oxygen atoms in total. The van der Waals surface area contributed by atoms with Crippen molar-refractivity contribution in [2.75, 3.05) is 26.3 Å². The molecular formula is C16H33NO3. The van der Waals surface area contributed by atoms with Gasteiger partial charge in [-0.15, -0.1) is 0 Å². The molecule has 0 saturated heterocycles. The Labute approximate surface area is 124 Å². The third-order valence-corrected chi connectivity index (χ3v) is 4.00. The highest BCUT2D eigenvalue weighted by Crippen LogP contribution is 2.26. The fourth-order valence-electron chi connectivity index (χ4n) is 2.81. The summed E-state index contributed by atoms with van der Waals surface area (Å²) in [4.78, 5) is 0. The van der Waals surface area contributed by atoms with Crippen LogP contribution >= 0.6 is 0 Å². The number of rotatable bonds is 9. The molecule has 0 aromatic heterocycles. The Morgan fingerprint density at radius 2 is 2.00 bits per heavy atom. The number of aliphatic hydroxyl groups excluding tert-OH is 1. The van der Waals surface area contributed by atoms with Gasteiger partial charge in [0.05, 0.1) is 24.4 Å². The monoisotopic (exact) mass is 287 g/mol. The average Bonchev–Trinajstić information content (AvgIpc) is 2.37. The van der Waals surface area contributed by atoms with E-state index in [4.69, 9.17) is 9.47 Å². The summed E-state index contributed by atoms with van der Waals surface area (Å²) >= 11 is 0. The standard InChI is InChI=1S/C16H33NO3/c1-5-20-16(3,4)12-17-10-14(18)11-19-15-9-7-6-8-13(15)2/h13-15,17-18H,5-12H2,1-4H3. The lowest BCUT2D eigenvalue weighted by atomic mass is 9.88. The molecule has 1 rings (SSSR count). The van der Waals surface area contributed by atoms with Gasteiger partial charge in [0.25, 0.3) is 0 Å². The maximum atomic E-state index is 9.96. The molecular weight excluding hydrogens is 254 g/mol. The molecule has 0 bridgehead atoms. The molecule has 20 heavy (non-hydrogen) atoms. The number of ether oxygens (including phenoxy) is 2. The summed E-state index contributed by atoms with van der Waals surface area (Å²) in [5.41, 5.74) is -0.187. The first-order chi connectivity index (χ1) is 9.44. The smallest absolute Gasteiger partial charge is 0.0897 e. The molecule has 1 fully saturated rings. The van der Waals surface area contributed by atoms with Crippen molar-refractivity contribution in [3.8, 4) is 0 Å². The molecule has 0 aromatic carbocycles. The lowest BCUT2D eigenvalue weighted by molar-refractivity contribution is -0.0480. The van der Waals surface area contributed by atoms with Crippen LogP contribution in [0, 0.1) is 5.92 Å². The molecule has 1 aliphatic carbocycles. The second kappa shape index (κ2) is 8.98. The van der Waals surface area contributed by atoms with E-state index in [0.717, 1.165) is 13.0 Å². The van der Waals surface area contributed by atoms with Gasteiger partial charge in [-0.2, -0.15) is 0 Å². The third-order valence-electron chi connectivity index (χ3n) is 4.00. The van der Waals surface area contributed by atoms with E-state index in [2.05, 4.69) is 26.1 Å². The van der Waals surface area contributed by atoms with Crippen molar-refractivity contribution in [1.82, 2.24) is 5.32 Å². The molecule has 3 atom stereocenters. The van der Waals surface area contributed by atoms with Crippen molar-refractivity contribution in [3.63, 3.8) is 0 Å². The first-order valence-electron chi connectivity index (χ1n) is 8.09.